The van der Waals surface area contributed by atoms with E-state index in [2.05, 4.69) is 52.0 Å². The normalized spacial score (nSPS) is 11.3. The van der Waals surface area contributed by atoms with Crippen molar-refractivity contribution in [1.29, 1.82) is 0 Å². The number of nitrogens with zero attached hydrogens (tertiary/aromatic N) is 3. The number of fused-ring (bicyclic) bond motifs is 3. The van der Waals surface area contributed by atoms with Crippen molar-refractivity contribution in [2.75, 3.05) is 12.8 Å². The van der Waals surface area contributed by atoms with Crippen molar-refractivity contribution in [1.82, 2.24) is 19.9 Å². The molecule has 0 aliphatic carbocycles. The number of benzene rings is 1. The van der Waals surface area contributed by atoms with Crippen LogP contribution < -0.4 is 5.32 Å². The molecule has 0 unspecified atom stereocenters. The summed E-state index contributed by atoms with van der Waals surface area (Å²) in [4.78, 5) is 11.5. The van der Waals surface area contributed by atoms with Gasteiger partial charge in [-0.05, 0) is 43.5 Å². The molecule has 2 aromatic heterocycles. The van der Waals surface area contributed by atoms with Gasteiger partial charge in [-0.25, -0.2) is 0 Å². The third-order valence-electron chi connectivity index (χ3n) is 3.82. The van der Waals surface area contributed by atoms with E-state index in [1.54, 1.807) is 7.05 Å². The molecule has 0 aliphatic rings. The molecule has 5 nitrogen and oxygen atoms in total. The summed E-state index contributed by atoms with van der Waals surface area (Å²) in [6.45, 7) is 6.23. The fourth-order valence-electron chi connectivity index (χ4n) is 2.60. The minimum Gasteiger partial charge on any atom is -0.358 e. The molecule has 0 atom stereocenters. The van der Waals surface area contributed by atoms with Gasteiger partial charge in [0.15, 0.2) is 10.8 Å². The number of rotatable bonds is 3. The van der Waals surface area contributed by atoms with Crippen LogP contribution in [0.4, 0.5) is 0 Å². The molecular formula is C16H18N4OS. The SMILES string of the molecule is CNC(=O)CSc1nnc2c(C)cc3c(C)ccc(C)c3n12. The Kier molecular flexibility index (Phi) is 3.78. The van der Waals surface area contributed by atoms with Crippen LogP contribution in [0.5, 0.6) is 0 Å². The number of pyridine rings is 1. The van der Waals surface area contributed by atoms with Gasteiger partial charge in [-0.15, -0.1) is 10.2 Å². The van der Waals surface area contributed by atoms with Crippen molar-refractivity contribution < 1.29 is 4.79 Å². The van der Waals surface area contributed by atoms with Gasteiger partial charge in [-0.2, -0.15) is 0 Å². The number of amides is 1. The molecule has 22 heavy (non-hydrogen) atoms. The molecule has 1 amide bonds. The largest absolute Gasteiger partial charge is 0.358 e. The van der Waals surface area contributed by atoms with Gasteiger partial charge in [0.05, 0.1) is 11.3 Å². The molecule has 3 rings (SSSR count). The highest BCUT2D eigenvalue weighted by Gasteiger charge is 2.15. The smallest absolute Gasteiger partial charge is 0.230 e. The van der Waals surface area contributed by atoms with Crippen LogP contribution in [0.2, 0.25) is 0 Å². The Balaban J connectivity index is 2.27. The van der Waals surface area contributed by atoms with Crippen molar-refractivity contribution in [3.05, 3.63) is 34.9 Å². The fraction of sp³-hybridized carbons (Fsp3) is 0.312. The Morgan fingerprint density at radius 2 is 1.91 bits per heavy atom. The summed E-state index contributed by atoms with van der Waals surface area (Å²) < 4.78 is 2.07. The zero-order chi connectivity index (χ0) is 15.9. The quantitative estimate of drug-likeness (QED) is 0.755. The van der Waals surface area contributed by atoms with E-state index in [9.17, 15) is 4.79 Å². The van der Waals surface area contributed by atoms with Gasteiger partial charge in [0.2, 0.25) is 5.91 Å². The summed E-state index contributed by atoms with van der Waals surface area (Å²) >= 11 is 1.40. The zero-order valence-corrected chi connectivity index (χ0v) is 13.9. The summed E-state index contributed by atoms with van der Waals surface area (Å²) in [7, 11) is 1.64. The average Bonchev–Trinajstić information content (AvgIpc) is 2.93. The lowest BCUT2D eigenvalue weighted by Crippen LogP contribution is -2.19. The van der Waals surface area contributed by atoms with Gasteiger partial charge < -0.3 is 5.32 Å². The van der Waals surface area contributed by atoms with Crippen LogP contribution in [0.15, 0.2) is 23.4 Å². The van der Waals surface area contributed by atoms with E-state index >= 15 is 0 Å². The summed E-state index contributed by atoms with van der Waals surface area (Å²) in [6.07, 6.45) is 0. The molecule has 0 spiro atoms. The first-order valence-electron chi connectivity index (χ1n) is 7.11. The summed E-state index contributed by atoms with van der Waals surface area (Å²) in [5.74, 6) is 0.309. The highest BCUT2D eigenvalue weighted by molar-refractivity contribution is 7.99. The topological polar surface area (TPSA) is 59.3 Å². The van der Waals surface area contributed by atoms with E-state index in [1.807, 2.05) is 6.92 Å². The predicted molar refractivity (Wildman–Crippen MR) is 89.5 cm³/mol. The number of carbonyl (C=O) groups excluding carboxylic acids is 1. The Hall–Kier alpha value is -2.08. The van der Waals surface area contributed by atoms with Crippen LogP contribution in [0.3, 0.4) is 0 Å². The van der Waals surface area contributed by atoms with Crippen LogP contribution in [0.1, 0.15) is 16.7 Å². The second-order valence-electron chi connectivity index (χ2n) is 5.39. The molecular weight excluding hydrogens is 296 g/mol. The fourth-order valence-corrected chi connectivity index (χ4v) is 3.41. The third kappa shape index (κ3) is 2.33. The standard InChI is InChI=1S/C16H18N4OS/c1-9-5-6-10(2)14-12(9)7-11(3)15-18-19-16(20(14)15)22-8-13(21)17-4/h5-7H,8H2,1-4H3,(H,17,21). The molecule has 0 aliphatic heterocycles. The Morgan fingerprint density at radius 3 is 2.64 bits per heavy atom. The van der Waals surface area contributed by atoms with Crippen molar-refractivity contribution in [2.24, 2.45) is 0 Å². The van der Waals surface area contributed by atoms with E-state index < -0.39 is 0 Å². The van der Waals surface area contributed by atoms with Gasteiger partial charge >= 0.3 is 0 Å². The maximum absolute atomic E-state index is 11.5. The van der Waals surface area contributed by atoms with E-state index in [-0.39, 0.29) is 5.91 Å². The minimum absolute atomic E-state index is 0.0217. The molecule has 1 aromatic carbocycles. The summed E-state index contributed by atoms with van der Waals surface area (Å²) in [5, 5.41) is 13.2. The molecule has 3 aromatic rings. The second-order valence-corrected chi connectivity index (χ2v) is 6.33. The number of aromatic nitrogens is 3. The van der Waals surface area contributed by atoms with E-state index in [0.717, 1.165) is 21.9 Å². The van der Waals surface area contributed by atoms with Crippen molar-refractivity contribution in [3.8, 4) is 0 Å². The van der Waals surface area contributed by atoms with Gasteiger partial charge in [0, 0.05) is 12.4 Å². The van der Waals surface area contributed by atoms with Crippen molar-refractivity contribution in [3.63, 3.8) is 0 Å². The van der Waals surface area contributed by atoms with Gasteiger partial charge in [-0.1, -0.05) is 23.9 Å². The molecule has 114 valence electrons. The first-order chi connectivity index (χ1) is 10.5. The number of carbonyl (C=O) groups is 1. The van der Waals surface area contributed by atoms with Crippen LogP contribution >= 0.6 is 11.8 Å². The third-order valence-corrected chi connectivity index (χ3v) is 4.75. The predicted octanol–water partition coefficient (Wildman–Crippen LogP) is 2.65. The molecule has 0 bridgehead atoms. The maximum Gasteiger partial charge on any atom is 0.230 e. The number of nitrogens with one attached hydrogen (secondary N) is 1. The molecule has 6 heteroatoms. The maximum atomic E-state index is 11.5. The lowest BCUT2D eigenvalue weighted by molar-refractivity contribution is -0.118. The van der Waals surface area contributed by atoms with E-state index in [4.69, 9.17) is 0 Å². The summed E-state index contributed by atoms with van der Waals surface area (Å²) in [6, 6.07) is 6.40. The van der Waals surface area contributed by atoms with Crippen molar-refractivity contribution in [2.45, 2.75) is 25.9 Å². The molecule has 0 saturated carbocycles. The van der Waals surface area contributed by atoms with Crippen LogP contribution in [0, 0.1) is 20.8 Å². The van der Waals surface area contributed by atoms with Crippen LogP contribution in [-0.2, 0) is 4.79 Å². The Bertz CT molecular complexity index is 885. The van der Waals surface area contributed by atoms with Gasteiger partial charge in [-0.3, -0.25) is 9.20 Å². The lowest BCUT2D eigenvalue weighted by Gasteiger charge is -2.11. The number of thioether (sulfide) groups is 1. The zero-order valence-electron chi connectivity index (χ0n) is 13.1. The molecule has 0 fully saturated rings. The second kappa shape index (κ2) is 5.61. The minimum atomic E-state index is -0.0217. The Labute approximate surface area is 133 Å². The average molecular weight is 314 g/mol. The summed E-state index contributed by atoms with van der Waals surface area (Å²) in [5.41, 5.74) is 5.44. The Morgan fingerprint density at radius 1 is 1.18 bits per heavy atom. The van der Waals surface area contributed by atoms with Gasteiger partial charge in [0.1, 0.15) is 0 Å². The molecule has 0 saturated heterocycles. The first-order valence-corrected chi connectivity index (χ1v) is 8.09. The highest BCUT2D eigenvalue weighted by atomic mass is 32.2. The van der Waals surface area contributed by atoms with E-state index in [1.165, 1.54) is 28.3 Å². The lowest BCUT2D eigenvalue weighted by atomic mass is 10.0. The van der Waals surface area contributed by atoms with Gasteiger partial charge in [0.25, 0.3) is 0 Å². The number of aryl methyl sites for hydroxylation is 3. The molecule has 2 heterocycles. The van der Waals surface area contributed by atoms with Crippen molar-refractivity contribution >= 4 is 34.2 Å². The number of hydrogen-bond donors (Lipinski definition) is 1. The van der Waals surface area contributed by atoms with Crippen LogP contribution in [0.25, 0.3) is 16.6 Å². The molecule has 1 N–H and O–H groups in total. The van der Waals surface area contributed by atoms with Crippen LogP contribution in [-0.4, -0.2) is 33.3 Å². The highest BCUT2D eigenvalue weighted by Crippen LogP contribution is 2.29. The molecule has 0 radical (unpaired) electrons. The first kappa shape index (κ1) is 14.8. The monoisotopic (exact) mass is 314 g/mol. The van der Waals surface area contributed by atoms with E-state index in [0.29, 0.717) is 5.75 Å². The number of hydrogen-bond acceptors (Lipinski definition) is 4.